The maximum atomic E-state index is 12.6. The molecule has 1 aromatic carbocycles. The van der Waals surface area contributed by atoms with Crippen LogP contribution in [0.3, 0.4) is 0 Å². The van der Waals surface area contributed by atoms with Gasteiger partial charge in [-0.05, 0) is 25.5 Å². The summed E-state index contributed by atoms with van der Waals surface area (Å²) in [6.07, 6.45) is 7.69. The van der Waals surface area contributed by atoms with Crippen LogP contribution >= 0.6 is 0 Å². The average molecular weight is 374 g/mol. The molecular formula is C19H18N8O. The summed E-state index contributed by atoms with van der Waals surface area (Å²) < 4.78 is 1.83. The van der Waals surface area contributed by atoms with Crippen molar-refractivity contribution in [1.29, 1.82) is 0 Å². The minimum Gasteiger partial charge on any atom is -0.351 e. The highest BCUT2D eigenvalue weighted by Crippen LogP contribution is 2.21. The smallest absolute Gasteiger partial charge is 0.289 e. The number of carbonyl (C=O) groups excluding carboxylic acids is 1. The van der Waals surface area contributed by atoms with E-state index in [9.17, 15) is 4.79 Å². The van der Waals surface area contributed by atoms with Crippen LogP contribution in [-0.2, 0) is 0 Å². The van der Waals surface area contributed by atoms with Crippen LogP contribution in [0.2, 0.25) is 0 Å². The normalized spacial score (nSPS) is 16.8. The van der Waals surface area contributed by atoms with E-state index in [0.29, 0.717) is 12.2 Å². The molecule has 1 amide bonds. The molecule has 1 N–H and O–H groups in total. The Kier molecular flexibility index (Phi) is 3.85. The number of nitrogens with zero attached hydrogens (tertiary/aromatic N) is 7. The SMILES string of the molecule is Cc1ccc2nc(C(=O)NC3CCN(c4nccn5cnnc45)C3)ncc2c1. The van der Waals surface area contributed by atoms with Gasteiger partial charge in [-0.25, -0.2) is 15.0 Å². The molecule has 0 bridgehead atoms. The maximum absolute atomic E-state index is 12.6. The molecule has 4 heterocycles. The molecular weight excluding hydrogens is 356 g/mol. The van der Waals surface area contributed by atoms with Gasteiger partial charge in [0.05, 0.1) is 5.52 Å². The Morgan fingerprint density at radius 3 is 3.14 bits per heavy atom. The van der Waals surface area contributed by atoms with Crippen molar-refractivity contribution in [1.82, 2.24) is 34.9 Å². The van der Waals surface area contributed by atoms with Crippen molar-refractivity contribution < 1.29 is 4.79 Å². The molecule has 1 unspecified atom stereocenters. The van der Waals surface area contributed by atoms with Gasteiger partial charge in [-0.3, -0.25) is 9.20 Å². The largest absolute Gasteiger partial charge is 0.351 e. The molecule has 28 heavy (non-hydrogen) atoms. The second-order valence-electron chi connectivity index (χ2n) is 6.97. The molecule has 1 aliphatic rings. The third kappa shape index (κ3) is 2.90. The predicted octanol–water partition coefficient (Wildman–Crippen LogP) is 1.38. The van der Waals surface area contributed by atoms with E-state index < -0.39 is 0 Å². The van der Waals surface area contributed by atoms with Crippen LogP contribution < -0.4 is 10.2 Å². The Labute approximate surface area is 160 Å². The molecule has 5 rings (SSSR count). The lowest BCUT2D eigenvalue weighted by Gasteiger charge is -2.18. The van der Waals surface area contributed by atoms with Gasteiger partial charge in [0, 0.05) is 43.1 Å². The van der Waals surface area contributed by atoms with Gasteiger partial charge in [0.15, 0.2) is 5.82 Å². The fourth-order valence-electron chi connectivity index (χ4n) is 3.55. The van der Waals surface area contributed by atoms with Gasteiger partial charge >= 0.3 is 0 Å². The predicted molar refractivity (Wildman–Crippen MR) is 103 cm³/mol. The van der Waals surface area contributed by atoms with Gasteiger partial charge in [0.2, 0.25) is 11.5 Å². The topological polar surface area (TPSA) is 101 Å². The zero-order chi connectivity index (χ0) is 19.1. The number of aryl methyl sites for hydroxylation is 1. The van der Waals surface area contributed by atoms with Gasteiger partial charge in [-0.15, -0.1) is 10.2 Å². The van der Waals surface area contributed by atoms with Crippen LogP contribution in [0.1, 0.15) is 22.6 Å². The molecule has 0 spiro atoms. The van der Waals surface area contributed by atoms with E-state index in [-0.39, 0.29) is 17.8 Å². The molecule has 1 atom stereocenters. The highest BCUT2D eigenvalue weighted by atomic mass is 16.2. The average Bonchev–Trinajstić information content (AvgIpc) is 3.36. The van der Waals surface area contributed by atoms with Crippen molar-refractivity contribution in [3.63, 3.8) is 0 Å². The quantitative estimate of drug-likeness (QED) is 0.578. The van der Waals surface area contributed by atoms with Crippen molar-refractivity contribution >= 4 is 28.3 Å². The Hall–Kier alpha value is -3.62. The van der Waals surface area contributed by atoms with E-state index in [1.165, 1.54) is 0 Å². The minimum absolute atomic E-state index is 0.00482. The Bertz CT molecular complexity index is 1190. The number of nitrogens with one attached hydrogen (secondary N) is 1. The van der Waals surface area contributed by atoms with Gasteiger partial charge in [-0.2, -0.15) is 0 Å². The number of benzene rings is 1. The van der Waals surface area contributed by atoms with Gasteiger partial charge in [-0.1, -0.05) is 11.6 Å². The molecule has 0 saturated carbocycles. The van der Waals surface area contributed by atoms with Gasteiger partial charge in [0.1, 0.15) is 6.33 Å². The third-order valence-electron chi connectivity index (χ3n) is 4.96. The lowest BCUT2D eigenvalue weighted by Crippen LogP contribution is -2.38. The summed E-state index contributed by atoms with van der Waals surface area (Å²) >= 11 is 0. The van der Waals surface area contributed by atoms with Crippen LogP contribution in [0, 0.1) is 6.92 Å². The van der Waals surface area contributed by atoms with E-state index in [1.54, 1.807) is 18.7 Å². The number of rotatable bonds is 3. The molecule has 0 aliphatic carbocycles. The van der Waals surface area contributed by atoms with Crippen molar-refractivity contribution in [2.24, 2.45) is 0 Å². The standard InChI is InChI=1S/C19H18N8O/c1-12-2-3-15-13(8-12)9-21-16(24-15)19(28)23-14-4-6-26(10-14)17-18-25-22-11-27(18)7-5-20-17/h2-3,5,7-9,11,14H,4,6,10H2,1H3,(H,23,28). The monoisotopic (exact) mass is 374 g/mol. The van der Waals surface area contributed by atoms with Crippen LogP contribution in [0.5, 0.6) is 0 Å². The zero-order valence-electron chi connectivity index (χ0n) is 15.3. The number of carbonyl (C=O) groups is 1. The first-order chi connectivity index (χ1) is 13.7. The van der Waals surface area contributed by atoms with Crippen molar-refractivity contribution in [2.45, 2.75) is 19.4 Å². The summed E-state index contributed by atoms with van der Waals surface area (Å²) in [6.45, 7) is 3.45. The second-order valence-corrected chi connectivity index (χ2v) is 6.97. The molecule has 1 aliphatic heterocycles. The summed E-state index contributed by atoms with van der Waals surface area (Å²) in [6, 6.07) is 5.88. The van der Waals surface area contributed by atoms with Crippen LogP contribution in [0.4, 0.5) is 5.82 Å². The molecule has 140 valence electrons. The van der Waals surface area contributed by atoms with E-state index in [1.807, 2.05) is 35.7 Å². The lowest BCUT2D eigenvalue weighted by molar-refractivity contribution is 0.0930. The molecule has 9 heteroatoms. The first-order valence-corrected chi connectivity index (χ1v) is 9.11. The first kappa shape index (κ1) is 16.5. The molecule has 3 aromatic heterocycles. The van der Waals surface area contributed by atoms with Crippen LogP contribution in [-0.4, -0.2) is 54.6 Å². The van der Waals surface area contributed by atoms with Crippen molar-refractivity contribution in [3.8, 4) is 0 Å². The number of aromatic nitrogens is 6. The second kappa shape index (κ2) is 6.52. The number of hydrogen-bond acceptors (Lipinski definition) is 7. The fraction of sp³-hybridized carbons (Fsp3) is 0.263. The van der Waals surface area contributed by atoms with Crippen molar-refractivity contribution in [2.75, 3.05) is 18.0 Å². The van der Waals surface area contributed by atoms with E-state index >= 15 is 0 Å². The molecule has 4 aromatic rings. The summed E-state index contributed by atoms with van der Waals surface area (Å²) in [7, 11) is 0. The number of anilines is 1. The summed E-state index contributed by atoms with van der Waals surface area (Å²) in [5.41, 5.74) is 2.61. The van der Waals surface area contributed by atoms with Gasteiger partial charge < -0.3 is 10.2 Å². The minimum atomic E-state index is -0.261. The Balaban J connectivity index is 1.31. The third-order valence-corrected chi connectivity index (χ3v) is 4.96. The summed E-state index contributed by atoms with van der Waals surface area (Å²) in [5, 5.41) is 12.0. The van der Waals surface area contributed by atoms with E-state index in [2.05, 4.69) is 35.4 Å². The zero-order valence-corrected chi connectivity index (χ0v) is 15.3. The summed E-state index contributed by atoms with van der Waals surface area (Å²) in [5.74, 6) is 0.699. The number of fused-ring (bicyclic) bond motifs is 2. The summed E-state index contributed by atoms with van der Waals surface area (Å²) in [4.78, 5) is 27.8. The number of amides is 1. The fourth-order valence-corrected chi connectivity index (χ4v) is 3.55. The molecule has 0 radical (unpaired) electrons. The molecule has 1 fully saturated rings. The van der Waals surface area contributed by atoms with Gasteiger partial charge in [0.25, 0.3) is 5.91 Å². The van der Waals surface area contributed by atoms with Crippen molar-refractivity contribution in [3.05, 3.63) is 54.5 Å². The lowest BCUT2D eigenvalue weighted by atomic mass is 10.2. The first-order valence-electron chi connectivity index (χ1n) is 9.11. The Morgan fingerprint density at radius 2 is 2.21 bits per heavy atom. The Morgan fingerprint density at radius 1 is 1.29 bits per heavy atom. The maximum Gasteiger partial charge on any atom is 0.289 e. The molecule has 1 saturated heterocycles. The number of hydrogen-bond donors (Lipinski definition) is 1. The highest BCUT2D eigenvalue weighted by molar-refractivity contribution is 5.93. The van der Waals surface area contributed by atoms with Crippen LogP contribution in [0.25, 0.3) is 16.6 Å². The highest BCUT2D eigenvalue weighted by Gasteiger charge is 2.27. The molecule has 9 nitrogen and oxygen atoms in total. The van der Waals surface area contributed by atoms with Crippen LogP contribution in [0.15, 0.2) is 43.1 Å². The van der Waals surface area contributed by atoms with E-state index in [4.69, 9.17) is 0 Å². The van der Waals surface area contributed by atoms with E-state index in [0.717, 1.165) is 35.2 Å².